The number of rotatable bonds is 4. The van der Waals surface area contributed by atoms with Crippen molar-refractivity contribution in [3.05, 3.63) is 0 Å². The standard InChI is InChI=1S/C13H28N2/c1-6-13(3,4)15(5)10-12-9-11(2)7-8-14-12/h11-12,14H,6-10H2,1-5H3. The van der Waals surface area contributed by atoms with Gasteiger partial charge in [0.2, 0.25) is 0 Å². The summed E-state index contributed by atoms with van der Waals surface area (Å²) < 4.78 is 0. The molecule has 2 nitrogen and oxygen atoms in total. The fourth-order valence-electron chi connectivity index (χ4n) is 2.21. The van der Waals surface area contributed by atoms with E-state index in [4.69, 9.17) is 0 Å². The molecule has 0 radical (unpaired) electrons. The van der Waals surface area contributed by atoms with Crippen LogP contribution in [0.2, 0.25) is 0 Å². The summed E-state index contributed by atoms with van der Waals surface area (Å²) in [7, 11) is 2.25. The third kappa shape index (κ3) is 3.76. The van der Waals surface area contributed by atoms with Crippen molar-refractivity contribution < 1.29 is 0 Å². The van der Waals surface area contributed by atoms with E-state index < -0.39 is 0 Å². The molecule has 1 heterocycles. The van der Waals surface area contributed by atoms with Crippen molar-refractivity contribution in [2.75, 3.05) is 20.1 Å². The Balaban J connectivity index is 2.40. The Morgan fingerprint density at radius 1 is 1.40 bits per heavy atom. The van der Waals surface area contributed by atoms with Crippen LogP contribution in [0.4, 0.5) is 0 Å². The van der Waals surface area contributed by atoms with Crippen LogP contribution in [0.1, 0.15) is 47.0 Å². The predicted octanol–water partition coefficient (Wildman–Crippen LogP) is 2.49. The van der Waals surface area contributed by atoms with E-state index in [2.05, 4.69) is 45.0 Å². The zero-order valence-electron chi connectivity index (χ0n) is 11.1. The predicted molar refractivity (Wildman–Crippen MR) is 67.2 cm³/mol. The molecule has 0 aromatic heterocycles. The molecule has 2 heteroatoms. The number of piperidine rings is 1. The first-order chi connectivity index (χ1) is 6.95. The van der Waals surface area contributed by atoms with Crippen LogP contribution < -0.4 is 5.32 Å². The minimum Gasteiger partial charge on any atom is -0.313 e. The molecule has 2 unspecified atom stereocenters. The molecular formula is C13H28N2. The number of hydrogen-bond acceptors (Lipinski definition) is 2. The van der Waals surface area contributed by atoms with E-state index in [1.54, 1.807) is 0 Å². The molecule has 0 aliphatic carbocycles. The van der Waals surface area contributed by atoms with Crippen LogP contribution >= 0.6 is 0 Å². The van der Waals surface area contributed by atoms with Crippen LogP contribution in [0.5, 0.6) is 0 Å². The zero-order chi connectivity index (χ0) is 11.5. The summed E-state index contributed by atoms with van der Waals surface area (Å²) in [5, 5.41) is 3.63. The van der Waals surface area contributed by atoms with Gasteiger partial charge in [0.1, 0.15) is 0 Å². The smallest absolute Gasteiger partial charge is 0.0197 e. The normalized spacial score (nSPS) is 28.4. The van der Waals surface area contributed by atoms with Crippen LogP contribution in [-0.4, -0.2) is 36.6 Å². The van der Waals surface area contributed by atoms with Gasteiger partial charge in [-0.15, -0.1) is 0 Å². The van der Waals surface area contributed by atoms with E-state index in [-0.39, 0.29) is 0 Å². The minimum absolute atomic E-state index is 0.336. The summed E-state index contributed by atoms with van der Waals surface area (Å²) in [6.07, 6.45) is 3.90. The summed E-state index contributed by atoms with van der Waals surface area (Å²) in [5.74, 6) is 0.898. The molecule has 0 aromatic carbocycles. The minimum atomic E-state index is 0.336. The maximum atomic E-state index is 3.63. The maximum absolute atomic E-state index is 3.63. The van der Waals surface area contributed by atoms with Gasteiger partial charge in [0.05, 0.1) is 0 Å². The van der Waals surface area contributed by atoms with E-state index in [0.29, 0.717) is 11.6 Å². The largest absolute Gasteiger partial charge is 0.313 e. The van der Waals surface area contributed by atoms with E-state index in [0.717, 1.165) is 5.92 Å². The molecule has 1 saturated heterocycles. The van der Waals surface area contributed by atoms with E-state index >= 15 is 0 Å². The molecule has 1 aliphatic rings. The lowest BCUT2D eigenvalue weighted by Crippen LogP contribution is -2.50. The van der Waals surface area contributed by atoms with E-state index in [1.165, 1.54) is 32.4 Å². The zero-order valence-corrected chi connectivity index (χ0v) is 11.1. The molecule has 0 aromatic rings. The molecule has 1 N–H and O–H groups in total. The summed E-state index contributed by atoms with van der Waals surface area (Å²) in [6, 6.07) is 0.699. The highest BCUT2D eigenvalue weighted by atomic mass is 15.2. The van der Waals surface area contributed by atoms with Gasteiger partial charge in [-0.25, -0.2) is 0 Å². The van der Waals surface area contributed by atoms with Crippen LogP contribution in [0.25, 0.3) is 0 Å². The van der Waals surface area contributed by atoms with Crippen LogP contribution in [0.15, 0.2) is 0 Å². The second kappa shape index (κ2) is 5.31. The van der Waals surface area contributed by atoms with Gasteiger partial charge in [-0.2, -0.15) is 0 Å². The highest BCUT2D eigenvalue weighted by molar-refractivity contribution is 4.84. The molecule has 90 valence electrons. The van der Waals surface area contributed by atoms with Gasteiger partial charge in [-0.3, -0.25) is 4.90 Å². The second-order valence-corrected chi connectivity index (χ2v) is 5.83. The van der Waals surface area contributed by atoms with Gasteiger partial charge in [-0.05, 0) is 52.6 Å². The lowest BCUT2D eigenvalue weighted by atomic mass is 9.92. The summed E-state index contributed by atoms with van der Waals surface area (Å²) >= 11 is 0. The molecule has 0 spiro atoms. The monoisotopic (exact) mass is 212 g/mol. The third-order valence-electron chi connectivity index (χ3n) is 4.15. The van der Waals surface area contributed by atoms with Crippen molar-refractivity contribution in [3.63, 3.8) is 0 Å². The molecule has 0 amide bonds. The van der Waals surface area contributed by atoms with Crippen LogP contribution in [0.3, 0.4) is 0 Å². The molecule has 0 saturated carbocycles. The quantitative estimate of drug-likeness (QED) is 0.770. The molecular weight excluding hydrogens is 184 g/mol. The summed E-state index contributed by atoms with van der Waals surface area (Å²) in [4.78, 5) is 2.50. The SMILES string of the molecule is CCC(C)(C)N(C)CC1CC(C)CCN1. The molecule has 0 bridgehead atoms. The van der Waals surface area contributed by atoms with Crippen molar-refractivity contribution in [1.29, 1.82) is 0 Å². The maximum Gasteiger partial charge on any atom is 0.0197 e. The molecule has 15 heavy (non-hydrogen) atoms. The average molecular weight is 212 g/mol. The van der Waals surface area contributed by atoms with Crippen molar-refractivity contribution in [2.24, 2.45) is 5.92 Å². The molecule has 1 rings (SSSR count). The molecule has 2 atom stereocenters. The van der Waals surface area contributed by atoms with Crippen molar-refractivity contribution >= 4 is 0 Å². The Hall–Kier alpha value is -0.0800. The molecule has 1 aliphatic heterocycles. The van der Waals surface area contributed by atoms with Gasteiger partial charge >= 0.3 is 0 Å². The molecule has 1 fully saturated rings. The summed E-state index contributed by atoms with van der Waals surface area (Å²) in [6.45, 7) is 11.7. The Morgan fingerprint density at radius 2 is 2.07 bits per heavy atom. The fourth-order valence-corrected chi connectivity index (χ4v) is 2.21. The Kier molecular flexibility index (Phi) is 4.60. The first kappa shape index (κ1) is 13.0. The van der Waals surface area contributed by atoms with Crippen LogP contribution in [-0.2, 0) is 0 Å². The third-order valence-corrected chi connectivity index (χ3v) is 4.15. The van der Waals surface area contributed by atoms with Gasteiger partial charge in [-0.1, -0.05) is 13.8 Å². The first-order valence-electron chi connectivity index (χ1n) is 6.40. The number of nitrogens with one attached hydrogen (secondary N) is 1. The van der Waals surface area contributed by atoms with Gasteiger partial charge in [0.25, 0.3) is 0 Å². The van der Waals surface area contributed by atoms with E-state index in [9.17, 15) is 0 Å². The number of nitrogens with zero attached hydrogens (tertiary/aromatic N) is 1. The van der Waals surface area contributed by atoms with Crippen molar-refractivity contribution in [1.82, 2.24) is 10.2 Å². The van der Waals surface area contributed by atoms with Gasteiger partial charge in [0.15, 0.2) is 0 Å². The van der Waals surface area contributed by atoms with Crippen LogP contribution in [0, 0.1) is 5.92 Å². The lowest BCUT2D eigenvalue weighted by Gasteiger charge is -2.39. The fraction of sp³-hybridized carbons (Fsp3) is 1.00. The van der Waals surface area contributed by atoms with Gasteiger partial charge < -0.3 is 5.32 Å². The van der Waals surface area contributed by atoms with Gasteiger partial charge in [0, 0.05) is 18.1 Å². The highest BCUT2D eigenvalue weighted by Gasteiger charge is 2.25. The Labute approximate surface area is 95.4 Å². The van der Waals surface area contributed by atoms with Crippen molar-refractivity contribution in [2.45, 2.75) is 58.5 Å². The van der Waals surface area contributed by atoms with E-state index in [1.807, 2.05) is 0 Å². The van der Waals surface area contributed by atoms with Crippen molar-refractivity contribution in [3.8, 4) is 0 Å². The first-order valence-corrected chi connectivity index (χ1v) is 6.40. The number of likely N-dealkylation sites (N-methyl/N-ethyl adjacent to an activating group) is 1. The second-order valence-electron chi connectivity index (χ2n) is 5.83. The Bertz CT molecular complexity index is 189. The number of hydrogen-bond donors (Lipinski definition) is 1. The average Bonchev–Trinajstić information content (AvgIpc) is 2.17. The lowest BCUT2D eigenvalue weighted by molar-refractivity contribution is 0.123. The summed E-state index contributed by atoms with van der Waals surface area (Å²) in [5.41, 5.74) is 0.336. The highest BCUT2D eigenvalue weighted by Crippen LogP contribution is 2.20. The topological polar surface area (TPSA) is 15.3 Å². The Morgan fingerprint density at radius 3 is 2.60 bits per heavy atom.